The summed E-state index contributed by atoms with van der Waals surface area (Å²) in [6, 6.07) is 13.3. The number of hydrogen-bond acceptors (Lipinski definition) is 6. The molecule has 0 saturated heterocycles. The van der Waals surface area contributed by atoms with Crippen LogP contribution in [0.1, 0.15) is 24.9 Å². The van der Waals surface area contributed by atoms with Crippen LogP contribution in [0.2, 0.25) is 0 Å². The summed E-state index contributed by atoms with van der Waals surface area (Å²) < 4.78 is 33.0. The summed E-state index contributed by atoms with van der Waals surface area (Å²) in [5.74, 6) is -0.553. The van der Waals surface area contributed by atoms with Crippen LogP contribution in [0.5, 0.6) is 0 Å². The van der Waals surface area contributed by atoms with Gasteiger partial charge in [0.1, 0.15) is 0 Å². The summed E-state index contributed by atoms with van der Waals surface area (Å²) in [5.41, 5.74) is 0.857. The van der Waals surface area contributed by atoms with Gasteiger partial charge in [-0.25, -0.2) is 13.2 Å². The Kier molecular flexibility index (Phi) is 6.09. The topological polar surface area (TPSA) is 107 Å². The smallest absolute Gasteiger partial charge is 0.335 e. The third kappa shape index (κ3) is 4.36. The summed E-state index contributed by atoms with van der Waals surface area (Å²) >= 11 is 0. The van der Waals surface area contributed by atoms with Crippen LogP contribution in [-0.4, -0.2) is 36.8 Å². The zero-order valence-electron chi connectivity index (χ0n) is 15.7. The van der Waals surface area contributed by atoms with Crippen LogP contribution in [0.15, 0.2) is 71.1 Å². The van der Waals surface area contributed by atoms with E-state index in [4.69, 9.17) is 4.74 Å². The maximum absolute atomic E-state index is 13.4. The Morgan fingerprint density at radius 3 is 2.41 bits per heavy atom. The van der Waals surface area contributed by atoms with Gasteiger partial charge in [0.2, 0.25) is 10.0 Å². The van der Waals surface area contributed by atoms with E-state index in [0.717, 1.165) is 17.7 Å². The van der Waals surface area contributed by atoms with E-state index in [-0.39, 0.29) is 29.3 Å². The third-order valence-corrected chi connectivity index (χ3v) is 6.51. The molecule has 2 aromatic rings. The van der Waals surface area contributed by atoms with Gasteiger partial charge in [-0.15, -0.1) is 0 Å². The molecule has 9 heteroatoms. The lowest BCUT2D eigenvalue weighted by molar-refractivity contribution is -0.384. The fraction of sp³-hybridized carbons (Fsp3) is 0.250. The minimum atomic E-state index is -4.02. The zero-order valence-corrected chi connectivity index (χ0v) is 16.5. The van der Waals surface area contributed by atoms with Crippen molar-refractivity contribution < 1.29 is 22.9 Å². The highest BCUT2D eigenvalue weighted by Gasteiger charge is 2.37. The number of rotatable bonds is 6. The van der Waals surface area contributed by atoms with Crippen molar-refractivity contribution >= 4 is 21.7 Å². The van der Waals surface area contributed by atoms with Crippen molar-refractivity contribution in [2.75, 3.05) is 13.2 Å². The predicted octanol–water partition coefficient (Wildman–Crippen LogP) is 3.22. The van der Waals surface area contributed by atoms with Crippen molar-refractivity contribution in [3.63, 3.8) is 0 Å². The average Bonchev–Trinajstić information content (AvgIpc) is 2.74. The van der Waals surface area contributed by atoms with Gasteiger partial charge in [0.05, 0.1) is 22.5 Å². The molecule has 1 atom stereocenters. The summed E-state index contributed by atoms with van der Waals surface area (Å²) in [7, 11) is -4.02. The minimum Gasteiger partial charge on any atom is -0.463 e. The van der Waals surface area contributed by atoms with Crippen molar-refractivity contribution in [1.82, 2.24) is 4.31 Å². The number of carbonyl (C=O) groups excluding carboxylic acids is 1. The molecule has 0 unspecified atom stereocenters. The number of benzene rings is 2. The number of nitro benzene ring substituents is 1. The normalized spacial score (nSPS) is 17.4. The number of nitro groups is 1. The van der Waals surface area contributed by atoms with Crippen molar-refractivity contribution in [2.45, 2.75) is 24.3 Å². The van der Waals surface area contributed by atoms with E-state index in [9.17, 15) is 23.3 Å². The van der Waals surface area contributed by atoms with Crippen LogP contribution < -0.4 is 0 Å². The van der Waals surface area contributed by atoms with E-state index >= 15 is 0 Å². The first-order valence-corrected chi connectivity index (χ1v) is 10.5. The van der Waals surface area contributed by atoms with Gasteiger partial charge in [-0.2, -0.15) is 4.31 Å². The third-order valence-electron chi connectivity index (χ3n) is 4.64. The van der Waals surface area contributed by atoms with E-state index in [2.05, 4.69) is 0 Å². The Bertz CT molecular complexity index is 1030. The fourth-order valence-corrected chi connectivity index (χ4v) is 4.79. The second-order valence-electron chi connectivity index (χ2n) is 6.41. The number of esters is 1. The first-order valence-electron chi connectivity index (χ1n) is 9.02. The minimum absolute atomic E-state index is 0.0749. The first kappa shape index (κ1) is 20.7. The second-order valence-corrected chi connectivity index (χ2v) is 8.30. The van der Waals surface area contributed by atoms with Gasteiger partial charge in [0.25, 0.3) is 5.69 Å². The Morgan fingerprint density at radius 1 is 1.17 bits per heavy atom. The predicted molar refractivity (Wildman–Crippen MR) is 106 cm³/mol. The molecule has 1 aliphatic rings. The summed E-state index contributed by atoms with van der Waals surface area (Å²) in [6.07, 6.45) is 2.02. The van der Waals surface area contributed by atoms with Gasteiger partial charge in [-0.3, -0.25) is 10.1 Å². The Hall–Kier alpha value is -3.04. The van der Waals surface area contributed by atoms with Gasteiger partial charge >= 0.3 is 5.97 Å². The molecule has 1 heterocycles. The van der Waals surface area contributed by atoms with Gasteiger partial charge < -0.3 is 4.74 Å². The van der Waals surface area contributed by atoms with Crippen LogP contribution in [0.3, 0.4) is 0 Å². The number of ether oxygens (including phenoxy) is 1. The van der Waals surface area contributed by atoms with E-state index < -0.39 is 27.0 Å². The summed E-state index contributed by atoms with van der Waals surface area (Å²) in [5, 5.41) is 10.9. The number of sulfonamides is 1. The number of carbonyl (C=O) groups is 1. The molecule has 0 aliphatic carbocycles. The molecular weight excluding hydrogens is 396 g/mol. The Morgan fingerprint density at radius 2 is 1.83 bits per heavy atom. The largest absolute Gasteiger partial charge is 0.463 e. The summed E-state index contributed by atoms with van der Waals surface area (Å²) in [4.78, 5) is 22.4. The van der Waals surface area contributed by atoms with Gasteiger partial charge in [-0.05, 0) is 31.0 Å². The SMILES string of the molecule is CCOC(=O)C1=CC[C@H](c2ccccc2)N(S(=O)(=O)c2ccc([N+](=O)[O-])cc2)C1. The molecule has 0 fully saturated rings. The standard InChI is InChI=1S/C20H20N2O6S/c1-2-28-20(23)16-8-13-19(15-6-4-3-5-7-15)21(14-16)29(26,27)18-11-9-17(10-12-18)22(24)25/h3-12,19H,2,13-14H2,1H3/t19-/m1/s1. The fourth-order valence-electron chi connectivity index (χ4n) is 3.19. The molecule has 0 amide bonds. The van der Waals surface area contributed by atoms with Gasteiger partial charge in [-0.1, -0.05) is 36.4 Å². The Balaban J connectivity index is 2.01. The van der Waals surface area contributed by atoms with Crippen molar-refractivity contribution in [3.05, 3.63) is 81.9 Å². The Labute approximate surface area is 168 Å². The molecule has 0 saturated carbocycles. The van der Waals surface area contributed by atoms with Crippen molar-refractivity contribution in [2.24, 2.45) is 0 Å². The van der Waals surface area contributed by atoms with Gasteiger partial charge in [0.15, 0.2) is 0 Å². The van der Waals surface area contributed by atoms with E-state index in [1.807, 2.05) is 30.3 Å². The number of non-ortho nitro benzene ring substituents is 1. The van der Waals surface area contributed by atoms with E-state index in [1.165, 1.54) is 16.4 Å². The lowest BCUT2D eigenvalue weighted by Gasteiger charge is -2.34. The molecule has 0 N–H and O–H groups in total. The lowest BCUT2D eigenvalue weighted by Crippen LogP contribution is -2.40. The van der Waals surface area contributed by atoms with Crippen molar-refractivity contribution in [1.29, 1.82) is 0 Å². The molecule has 8 nitrogen and oxygen atoms in total. The van der Waals surface area contributed by atoms with Crippen LogP contribution >= 0.6 is 0 Å². The molecule has 152 valence electrons. The number of nitrogens with zero attached hydrogens (tertiary/aromatic N) is 2. The first-order chi connectivity index (χ1) is 13.8. The zero-order chi connectivity index (χ0) is 21.0. The molecule has 0 radical (unpaired) electrons. The highest BCUT2D eigenvalue weighted by atomic mass is 32.2. The molecule has 0 aromatic heterocycles. The molecule has 0 spiro atoms. The molecule has 29 heavy (non-hydrogen) atoms. The molecular formula is C20H20N2O6S. The monoisotopic (exact) mass is 416 g/mol. The van der Waals surface area contributed by atoms with Crippen LogP contribution in [0.4, 0.5) is 5.69 Å². The average molecular weight is 416 g/mol. The molecule has 3 rings (SSSR count). The number of hydrogen-bond donors (Lipinski definition) is 0. The summed E-state index contributed by atoms with van der Waals surface area (Å²) in [6.45, 7) is 1.73. The van der Waals surface area contributed by atoms with Crippen LogP contribution in [-0.2, 0) is 19.6 Å². The second kappa shape index (κ2) is 8.54. The van der Waals surface area contributed by atoms with E-state index in [0.29, 0.717) is 6.42 Å². The maximum atomic E-state index is 13.4. The maximum Gasteiger partial charge on any atom is 0.335 e. The molecule has 1 aliphatic heterocycles. The van der Waals surface area contributed by atoms with Gasteiger partial charge in [0, 0.05) is 24.3 Å². The van der Waals surface area contributed by atoms with Crippen LogP contribution in [0, 0.1) is 10.1 Å². The highest BCUT2D eigenvalue weighted by molar-refractivity contribution is 7.89. The molecule has 0 bridgehead atoms. The highest BCUT2D eigenvalue weighted by Crippen LogP contribution is 2.35. The quantitative estimate of drug-likeness (QED) is 0.407. The molecule has 2 aromatic carbocycles. The van der Waals surface area contributed by atoms with E-state index in [1.54, 1.807) is 13.0 Å². The lowest BCUT2D eigenvalue weighted by atomic mass is 9.98. The van der Waals surface area contributed by atoms with Crippen molar-refractivity contribution in [3.8, 4) is 0 Å². The van der Waals surface area contributed by atoms with Crippen LogP contribution in [0.25, 0.3) is 0 Å².